The molecule has 0 unspecified atom stereocenters. The second-order valence-electron chi connectivity index (χ2n) is 4.71. The van der Waals surface area contributed by atoms with Gasteiger partial charge in [-0.1, -0.05) is 27.5 Å². The molecule has 1 aromatic rings. The molecule has 1 aliphatic carbocycles. The van der Waals surface area contributed by atoms with E-state index in [1.165, 1.54) is 0 Å². The number of rotatable bonds is 2. The minimum Gasteiger partial charge on any atom is -0.349 e. The molecule has 1 aromatic carbocycles. The number of halogens is 2. The zero-order chi connectivity index (χ0) is 13.1. The van der Waals surface area contributed by atoms with E-state index in [9.17, 15) is 4.79 Å². The molecule has 98 valence electrons. The van der Waals surface area contributed by atoms with Gasteiger partial charge in [0.1, 0.15) is 0 Å². The third-order valence-electron chi connectivity index (χ3n) is 3.28. The summed E-state index contributed by atoms with van der Waals surface area (Å²) in [5, 5.41) is 3.50. The fourth-order valence-corrected chi connectivity index (χ4v) is 2.76. The summed E-state index contributed by atoms with van der Waals surface area (Å²) in [7, 11) is 0. The van der Waals surface area contributed by atoms with Crippen molar-refractivity contribution in [2.75, 3.05) is 0 Å². The third kappa shape index (κ3) is 3.46. The topological polar surface area (TPSA) is 55.1 Å². The molecule has 0 heterocycles. The van der Waals surface area contributed by atoms with Gasteiger partial charge in [0, 0.05) is 16.6 Å². The zero-order valence-corrected chi connectivity index (χ0v) is 12.3. The summed E-state index contributed by atoms with van der Waals surface area (Å²) in [6, 6.07) is 5.78. The summed E-state index contributed by atoms with van der Waals surface area (Å²) in [5.74, 6) is -0.109. The van der Waals surface area contributed by atoms with Crippen LogP contribution in [0.5, 0.6) is 0 Å². The summed E-state index contributed by atoms with van der Waals surface area (Å²) < 4.78 is 0.850. The van der Waals surface area contributed by atoms with E-state index in [4.69, 9.17) is 17.3 Å². The van der Waals surface area contributed by atoms with Crippen LogP contribution >= 0.6 is 27.5 Å². The Labute approximate surface area is 120 Å². The fourth-order valence-electron chi connectivity index (χ4n) is 2.20. The van der Waals surface area contributed by atoms with Crippen molar-refractivity contribution in [1.82, 2.24) is 5.32 Å². The summed E-state index contributed by atoms with van der Waals surface area (Å²) in [6.45, 7) is 0. The minimum atomic E-state index is -0.109. The van der Waals surface area contributed by atoms with Crippen molar-refractivity contribution in [2.45, 2.75) is 37.8 Å². The Morgan fingerprint density at radius 3 is 2.67 bits per heavy atom. The number of hydrogen-bond donors (Lipinski definition) is 2. The molecule has 1 amide bonds. The summed E-state index contributed by atoms with van der Waals surface area (Å²) in [4.78, 5) is 12.1. The van der Waals surface area contributed by atoms with E-state index in [1.54, 1.807) is 12.1 Å². The first kappa shape index (κ1) is 13.8. The molecule has 5 heteroatoms. The maximum absolute atomic E-state index is 12.1. The smallest absolute Gasteiger partial charge is 0.253 e. The van der Waals surface area contributed by atoms with E-state index in [0.29, 0.717) is 10.6 Å². The van der Waals surface area contributed by atoms with Crippen LogP contribution in [0.3, 0.4) is 0 Å². The molecule has 3 N–H and O–H groups in total. The van der Waals surface area contributed by atoms with Gasteiger partial charge in [0.25, 0.3) is 5.91 Å². The molecule has 3 nitrogen and oxygen atoms in total. The highest BCUT2D eigenvalue weighted by Crippen LogP contribution is 2.22. The second-order valence-corrected chi connectivity index (χ2v) is 6.03. The van der Waals surface area contributed by atoms with Gasteiger partial charge in [-0.3, -0.25) is 4.79 Å². The number of carbonyl (C=O) groups excluding carboxylic acids is 1. The van der Waals surface area contributed by atoms with Crippen LogP contribution in [0.4, 0.5) is 0 Å². The van der Waals surface area contributed by atoms with Gasteiger partial charge in [0.15, 0.2) is 0 Å². The molecule has 1 aliphatic rings. The third-order valence-corrected chi connectivity index (χ3v) is 4.10. The minimum absolute atomic E-state index is 0.109. The Hall–Kier alpha value is -0.580. The van der Waals surface area contributed by atoms with E-state index < -0.39 is 0 Å². The normalized spacial score (nSPS) is 23.7. The van der Waals surface area contributed by atoms with Gasteiger partial charge in [-0.05, 0) is 43.9 Å². The molecular weight excluding hydrogens is 316 g/mol. The summed E-state index contributed by atoms with van der Waals surface area (Å²) in [6.07, 6.45) is 3.82. The molecular formula is C13H16BrClN2O. The molecule has 1 fully saturated rings. The van der Waals surface area contributed by atoms with Gasteiger partial charge in [0.05, 0.1) is 10.6 Å². The van der Waals surface area contributed by atoms with Crippen LogP contribution in [0.2, 0.25) is 5.02 Å². The number of hydrogen-bond acceptors (Lipinski definition) is 2. The molecule has 18 heavy (non-hydrogen) atoms. The molecule has 0 aliphatic heterocycles. The van der Waals surface area contributed by atoms with Crippen LogP contribution in [0, 0.1) is 0 Å². The van der Waals surface area contributed by atoms with Crippen molar-refractivity contribution in [1.29, 1.82) is 0 Å². The number of nitrogens with one attached hydrogen (secondary N) is 1. The maximum atomic E-state index is 12.1. The number of benzene rings is 1. The quantitative estimate of drug-likeness (QED) is 0.875. The number of amides is 1. The lowest BCUT2D eigenvalue weighted by Gasteiger charge is -2.26. The highest BCUT2D eigenvalue weighted by atomic mass is 79.9. The van der Waals surface area contributed by atoms with Crippen LogP contribution < -0.4 is 11.1 Å². The number of nitrogens with two attached hydrogens (primary N) is 1. The SMILES string of the molecule is NC1CCC(NC(=O)c2cc(Br)ccc2Cl)CC1. The Kier molecular flexibility index (Phi) is 4.65. The predicted octanol–water partition coefficient (Wildman–Crippen LogP) is 3.10. The molecule has 0 saturated heterocycles. The Bertz CT molecular complexity index is 445. The highest BCUT2D eigenvalue weighted by Gasteiger charge is 2.21. The standard InChI is InChI=1S/C13H16BrClN2O/c14-8-1-6-12(15)11(7-8)13(18)17-10-4-2-9(16)3-5-10/h1,6-7,9-10H,2-5,16H2,(H,17,18). The molecule has 0 aromatic heterocycles. The van der Waals surface area contributed by atoms with E-state index in [1.807, 2.05) is 6.07 Å². The van der Waals surface area contributed by atoms with E-state index in [2.05, 4.69) is 21.2 Å². The van der Waals surface area contributed by atoms with Crippen molar-refractivity contribution < 1.29 is 4.79 Å². The lowest BCUT2D eigenvalue weighted by Crippen LogP contribution is -2.40. The van der Waals surface area contributed by atoms with Gasteiger partial charge in [-0.15, -0.1) is 0 Å². The van der Waals surface area contributed by atoms with Crippen LogP contribution in [-0.2, 0) is 0 Å². The van der Waals surface area contributed by atoms with Gasteiger partial charge < -0.3 is 11.1 Å². The largest absolute Gasteiger partial charge is 0.349 e. The van der Waals surface area contributed by atoms with Crippen molar-refractivity contribution in [3.8, 4) is 0 Å². The molecule has 0 bridgehead atoms. The molecule has 0 atom stereocenters. The fraction of sp³-hybridized carbons (Fsp3) is 0.462. The monoisotopic (exact) mass is 330 g/mol. The molecule has 1 saturated carbocycles. The zero-order valence-electron chi connectivity index (χ0n) is 9.96. The highest BCUT2D eigenvalue weighted by molar-refractivity contribution is 9.10. The van der Waals surface area contributed by atoms with Crippen molar-refractivity contribution in [3.63, 3.8) is 0 Å². The van der Waals surface area contributed by atoms with E-state index >= 15 is 0 Å². The van der Waals surface area contributed by atoms with Crippen LogP contribution in [0.15, 0.2) is 22.7 Å². The lowest BCUT2D eigenvalue weighted by molar-refractivity contribution is 0.0926. The maximum Gasteiger partial charge on any atom is 0.253 e. The van der Waals surface area contributed by atoms with Gasteiger partial charge in [-0.25, -0.2) is 0 Å². The first-order valence-corrected chi connectivity index (χ1v) is 7.25. The first-order chi connectivity index (χ1) is 8.56. The Balaban J connectivity index is 2.01. The first-order valence-electron chi connectivity index (χ1n) is 6.08. The average Bonchev–Trinajstić information content (AvgIpc) is 2.35. The van der Waals surface area contributed by atoms with Gasteiger partial charge in [-0.2, -0.15) is 0 Å². The van der Waals surface area contributed by atoms with E-state index in [-0.39, 0.29) is 18.0 Å². The van der Waals surface area contributed by atoms with Crippen molar-refractivity contribution in [3.05, 3.63) is 33.3 Å². The average molecular weight is 332 g/mol. The van der Waals surface area contributed by atoms with Crippen LogP contribution in [0.25, 0.3) is 0 Å². The molecule has 2 rings (SSSR count). The second kappa shape index (κ2) is 6.04. The Morgan fingerprint density at radius 2 is 2.00 bits per heavy atom. The summed E-state index contributed by atoms with van der Waals surface area (Å²) >= 11 is 9.37. The van der Waals surface area contributed by atoms with Crippen molar-refractivity contribution >= 4 is 33.4 Å². The number of carbonyl (C=O) groups is 1. The van der Waals surface area contributed by atoms with Gasteiger partial charge in [0.2, 0.25) is 0 Å². The van der Waals surface area contributed by atoms with E-state index in [0.717, 1.165) is 30.2 Å². The lowest BCUT2D eigenvalue weighted by atomic mass is 9.91. The van der Waals surface area contributed by atoms with Gasteiger partial charge >= 0.3 is 0 Å². The van der Waals surface area contributed by atoms with Crippen LogP contribution in [-0.4, -0.2) is 18.0 Å². The Morgan fingerprint density at radius 1 is 1.33 bits per heavy atom. The predicted molar refractivity (Wildman–Crippen MR) is 76.8 cm³/mol. The van der Waals surface area contributed by atoms with Crippen molar-refractivity contribution in [2.24, 2.45) is 5.73 Å². The molecule has 0 spiro atoms. The molecule has 0 radical (unpaired) electrons. The van der Waals surface area contributed by atoms with Crippen LogP contribution in [0.1, 0.15) is 36.0 Å². The summed E-state index contributed by atoms with van der Waals surface area (Å²) in [5.41, 5.74) is 6.36.